The first-order valence-corrected chi connectivity index (χ1v) is 9.52. The Labute approximate surface area is 159 Å². The van der Waals surface area contributed by atoms with Gasteiger partial charge in [-0.05, 0) is 55.8 Å². The largest absolute Gasteiger partial charge is 0.494 e. The van der Waals surface area contributed by atoms with E-state index in [1.165, 1.54) is 19.3 Å². The van der Waals surface area contributed by atoms with Gasteiger partial charge < -0.3 is 13.9 Å². The first-order valence-electron chi connectivity index (χ1n) is 9.52. The van der Waals surface area contributed by atoms with E-state index in [4.69, 9.17) is 13.9 Å². The molecular formula is C22H25NO4. The Balaban J connectivity index is 1.68. The Hall–Kier alpha value is -2.82. The summed E-state index contributed by atoms with van der Waals surface area (Å²) in [4.78, 5) is 16.3. The smallest absolute Gasteiger partial charge is 0.338 e. The Morgan fingerprint density at radius 3 is 2.59 bits per heavy atom. The number of nitrogens with zero attached hydrogens (tertiary/aromatic N) is 1. The van der Waals surface area contributed by atoms with Crippen LogP contribution >= 0.6 is 0 Å². The van der Waals surface area contributed by atoms with Gasteiger partial charge in [-0.3, -0.25) is 0 Å². The minimum Gasteiger partial charge on any atom is -0.494 e. The molecule has 5 nitrogen and oxygen atoms in total. The molecule has 142 valence electrons. The molecule has 0 aliphatic carbocycles. The zero-order chi connectivity index (χ0) is 19.1. The van der Waals surface area contributed by atoms with Gasteiger partial charge in [-0.1, -0.05) is 26.2 Å². The van der Waals surface area contributed by atoms with Crippen molar-refractivity contribution >= 4 is 17.1 Å². The van der Waals surface area contributed by atoms with E-state index in [1.54, 1.807) is 25.1 Å². The molecule has 0 saturated heterocycles. The maximum atomic E-state index is 11.9. The van der Waals surface area contributed by atoms with E-state index < -0.39 is 0 Å². The Bertz CT molecular complexity index is 883. The second-order valence-electron chi connectivity index (χ2n) is 6.36. The SMILES string of the molecule is CCCCCCOc1ccc(-c2nc3cc(C(=O)OCC)ccc3o2)cc1. The highest BCUT2D eigenvalue weighted by atomic mass is 16.5. The van der Waals surface area contributed by atoms with Gasteiger partial charge >= 0.3 is 5.97 Å². The van der Waals surface area contributed by atoms with Crippen molar-refractivity contribution in [3.8, 4) is 17.2 Å². The molecule has 2 aromatic carbocycles. The minimum absolute atomic E-state index is 0.341. The lowest BCUT2D eigenvalue weighted by Gasteiger charge is -2.06. The van der Waals surface area contributed by atoms with Gasteiger partial charge in [-0.2, -0.15) is 0 Å². The number of unbranched alkanes of at least 4 members (excludes halogenated alkanes) is 3. The van der Waals surface area contributed by atoms with Crippen LogP contribution in [0.15, 0.2) is 46.9 Å². The molecule has 1 aromatic heterocycles. The summed E-state index contributed by atoms with van der Waals surface area (Å²) in [5.41, 5.74) is 2.60. The molecule has 0 fully saturated rings. The zero-order valence-electron chi connectivity index (χ0n) is 15.9. The van der Waals surface area contributed by atoms with Gasteiger partial charge in [0.15, 0.2) is 5.58 Å². The molecular weight excluding hydrogens is 342 g/mol. The number of aromatic nitrogens is 1. The van der Waals surface area contributed by atoms with Gasteiger partial charge in [0.1, 0.15) is 11.3 Å². The van der Waals surface area contributed by atoms with E-state index in [9.17, 15) is 4.79 Å². The number of carbonyl (C=O) groups excluding carboxylic acids is 1. The van der Waals surface area contributed by atoms with Crippen molar-refractivity contribution in [2.24, 2.45) is 0 Å². The molecule has 0 N–H and O–H groups in total. The lowest BCUT2D eigenvalue weighted by atomic mass is 10.2. The second-order valence-corrected chi connectivity index (χ2v) is 6.36. The zero-order valence-corrected chi connectivity index (χ0v) is 15.9. The summed E-state index contributed by atoms with van der Waals surface area (Å²) in [6, 6.07) is 12.8. The molecule has 5 heteroatoms. The van der Waals surface area contributed by atoms with Crippen molar-refractivity contribution in [3.05, 3.63) is 48.0 Å². The van der Waals surface area contributed by atoms with Crippen LogP contribution in [0.25, 0.3) is 22.6 Å². The van der Waals surface area contributed by atoms with Crippen molar-refractivity contribution in [2.75, 3.05) is 13.2 Å². The highest BCUT2D eigenvalue weighted by molar-refractivity contribution is 5.93. The van der Waals surface area contributed by atoms with Crippen LogP contribution in [0.3, 0.4) is 0 Å². The average molecular weight is 367 g/mol. The molecule has 0 bridgehead atoms. The topological polar surface area (TPSA) is 61.6 Å². The molecule has 0 aliphatic rings. The lowest BCUT2D eigenvalue weighted by molar-refractivity contribution is 0.0526. The molecule has 0 amide bonds. The van der Waals surface area contributed by atoms with Crippen LogP contribution in [-0.2, 0) is 4.74 Å². The summed E-state index contributed by atoms with van der Waals surface area (Å²) < 4.78 is 16.6. The van der Waals surface area contributed by atoms with Crippen LogP contribution < -0.4 is 4.74 Å². The summed E-state index contributed by atoms with van der Waals surface area (Å²) in [6.07, 6.45) is 4.74. The Morgan fingerprint density at radius 1 is 1.04 bits per heavy atom. The number of benzene rings is 2. The summed E-state index contributed by atoms with van der Waals surface area (Å²) in [7, 11) is 0. The van der Waals surface area contributed by atoms with Crippen molar-refractivity contribution in [1.82, 2.24) is 4.98 Å². The van der Waals surface area contributed by atoms with E-state index >= 15 is 0 Å². The third-order valence-corrected chi connectivity index (χ3v) is 4.27. The van der Waals surface area contributed by atoms with Gasteiger partial charge in [-0.15, -0.1) is 0 Å². The summed E-state index contributed by atoms with van der Waals surface area (Å²) in [5, 5.41) is 0. The van der Waals surface area contributed by atoms with Gasteiger partial charge in [0.2, 0.25) is 5.89 Å². The van der Waals surface area contributed by atoms with Crippen LogP contribution in [0.4, 0.5) is 0 Å². The number of hydrogen-bond acceptors (Lipinski definition) is 5. The van der Waals surface area contributed by atoms with E-state index in [0.29, 0.717) is 29.2 Å². The van der Waals surface area contributed by atoms with Gasteiger partial charge in [0, 0.05) is 5.56 Å². The predicted molar refractivity (Wildman–Crippen MR) is 105 cm³/mol. The molecule has 0 spiro atoms. The van der Waals surface area contributed by atoms with Gasteiger partial charge in [0.25, 0.3) is 0 Å². The number of hydrogen-bond donors (Lipinski definition) is 0. The molecule has 0 aliphatic heterocycles. The molecule has 3 rings (SSSR count). The molecule has 27 heavy (non-hydrogen) atoms. The van der Waals surface area contributed by atoms with Crippen LogP contribution in [-0.4, -0.2) is 24.2 Å². The van der Waals surface area contributed by atoms with Crippen LogP contribution in [0.1, 0.15) is 49.9 Å². The Kier molecular flexibility index (Phi) is 6.47. The fourth-order valence-electron chi connectivity index (χ4n) is 2.80. The molecule has 0 atom stereocenters. The number of rotatable bonds is 9. The van der Waals surface area contributed by atoms with E-state index in [2.05, 4.69) is 11.9 Å². The fraction of sp³-hybridized carbons (Fsp3) is 0.364. The van der Waals surface area contributed by atoms with Gasteiger partial charge in [-0.25, -0.2) is 9.78 Å². The third kappa shape index (κ3) is 4.88. The minimum atomic E-state index is -0.357. The summed E-state index contributed by atoms with van der Waals surface area (Å²) >= 11 is 0. The molecule has 3 aromatic rings. The van der Waals surface area contributed by atoms with Crippen molar-refractivity contribution in [1.29, 1.82) is 0 Å². The number of ether oxygens (including phenoxy) is 2. The quantitative estimate of drug-likeness (QED) is 0.362. The number of esters is 1. The van der Waals surface area contributed by atoms with E-state index in [0.717, 1.165) is 24.3 Å². The molecule has 0 saturated carbocycles. The van der Waals surface area contributed by atoms with Crippen LogP contribution in [0, 0.1) is 0 Å². The second kappa shape index (κ2) is 9.21. The summed E-state index contributed by atoms with van der Waals surface area (Å²) in [5.74, 6) is 1.00. The Morgan fingerprint density at radius 2 is 1.85 bits per heavy atom. The van der Waals surface area contributed by atoms with Crippen LogP contribution in [0.5, 0.6) is 5.75 Å². The van der Waals surface area contributed by atoms with E-state index in [1.807, 2.05) is 24.3 Å². The number of carbonyl (C=O) groups is 1. The normalized spacial score (nSPS) is 10.9. The number of oxazole rings is 1. The first kappa shape index (κ1) is 19.0. The molecule has 0 radical (unpaired) electrons. The highest BCUT2D eigenvalue weighted by Gasteiger charge is 2.12. The van der Waals surface area contributed by atoms with Crippen LogP contribution in [0.2, 0.25) is 0 Å². The fourth-order valence-corrected chi connectivity index (χ4v) is 2.80. The van der Waals surface area contributed by atoms with Crippen molar-refractivity contribution < 1.29 is 18.7 Å². The monoisotopic (exact) mass is 367 g/mol. The summed E-state index contributed by atoms with van der Waals surface area (Å²) in [6.45, 7) is 5.05. The van der Waals surface area contributed by atoms with E-state index in [-0.39, 0.29) is 5.97 Å². The maximum absolute atomic E-state index is 11.9. The lowest BCUT2D eigenvalue weighted by Crippen LogP contribution is -2.03. The first-order chi connectivity index (χ1) is 13.2. The molecule has 0 unspecified atom stereocenters. The standard InChI is InChI=1S/C22H25NO4/c1-3-5-6-7-14-26-18-11-8-16(9-12-18)21-23-19-15-17(22(24)25-4-2)10-13-20(19)27-21/h8-13,15H,3-7,14H2,1-2H3. The third-order valence-electron chi connectivity index (χ3n) is 4.27. The van der Waals surface area contributed by atoms with Crippen molar-refractivity contribution in [3.63, 3.8) is 0 Å². The van der Waals surface area contributed by atoms with Gasteiger partial charge in [0.05, 0.1) is 18.8 Å². The average Bonchev–Trinajstić information content (AvgIpc) is 3.12. The molecule has 1 heterocycles. The number of fused-ring (bicyclic) bond motifs is 1. The maximum Gasteiger partial charge on any atom is 0.338 e. The predicted octanol–water partition coefficient (Wildman–Crippen LogP) is 5.63. The highest BCUT2D eigenvalue weighted by Crippen LogP contribution is 2.26. The van der Waals surface area contributed by atoms with Crippen molar-refractivity contribution in [2.45, 2.75) is 39.5 Å².